The Bertz CT molecular complexity index is 924. The number of aromatic nitrogens is 2. The lowest BCUT2D eigenvalue weighted by Gasteiger charge is -2.28. The zero-order chi connectivity index (χ0) is 16.5. The second-order valence-corrected chi connectivity index (χ2v) is 5.86. The predicted octanol–water partition coefficient (Wildman–Crippen LogP) is 3.48. The molecule has 1 aliphatic heterocycles. The van der Waals surface area contributed by atoms with Gasteiger partial charge in [0.1, 0.15) is 23.2 Å². The first-order valence-corrected chi connectivity index (χ1v) is 7.91. The Morgan fingerprint density at radius 2 is 2.12 bits per heavy atom. The minimum Gasteiger partial charge on any atom is -0.439 e. The van der Waals surface area contributed by atoms with Crippen LogP contribution in [-0.4, -0.2) is 16.5 Å². The minimum absolute atomic E-state index is 0.562. The van der Waals surface area contributed by atoms with Crippen molar-refractivity contribution in [3.8, 4) is 17.7 Å². The third-order valence-corrected chi connectivity index (χ3v) is 4.31. The highest BCUT2D eigenvalue weighted by Gasteiger charge is 2.25. The third kappa shape index (κ3) is 2.42. The van der Waals surface area contributed by atoms with Gasteiger partial charge in [0.15, 0.2) is 0 Å². The number of hydrogen-bond donors (Lipinski definition) is 0. The van der Waals surface area contributed by atoms with Crippen LogP contribution in [0.25, 0.3) is 11.6 Å². The summed E-state index contributed by atoms with van der Waals surface area (Å²) in [5, 5.41) is 9.46. The summed E-state index contributed by atoms with van der Waals surface area (Å²) < 4.78 is 5.89. The van der Waals surface area contributed by atoms with E-state index in [1.54, 1.807) is 6.20 Å². The number of pyridine rings is 1. The molecule has 3 aromatic rings. The van der Waals surface area contributed by atoms with Crippen LogP contribution < -0.4 is 4.90 Å². The fourth-order valence-corrected chi connectivity index (χ4v) is 3.06. The van der Waals surface area contributed by atoms with Crippen molar-refractivity contribution in [2.75, 3.05) is 11.4 Å². The molecule has 0 atom stereocenters. The normalized spacial score (nSPS) is 13.4. The van der Waals surface area contributed by atoms with Crippen molar-refractivity contribution in [1.29, 1.82) is 5.26 Å². The van der Waals surface area contributed by atoms with Gasteiger partial charge in [0.05, 0.1) is 17.8 Å². The number of nitrogens with zero attached hydrogens (tertiary/aromatic N) is 4. The first-order valence-electron chi connectivity index (χ1n) is 7.91. The van der Waals surface area contributed by atoms with Gasteiger partial charge in [0, 0.05) is 19.2 Å². The van der Waals surface area contributed by atoms with Gasteiger partial charge in [-0.15, -0.1) is 0 Å². The number of aryl methyl sites for hydroxylation is 1. The van der Waals surface area contributed by atoms with Crippen molar-refractivity contribution >= 4 is 5.69 Å². The Morgan fingerprint density at radius 1 is 1.21 bits per heavy atom. The van der Waals surface area contributed by atoms with Gasteiger partial charge in [-0.05, 0) is 30.7 Å². The molecule has 5 nitrogen and oxygen atoms in total. The number of anilines is 1. The van der Waals surface area contributed by atoms with Crippen molar-refractivity contribution in [3.05, 3.63) is 65.2 Å². The van der Waals surface area contributed by atoms with E-state index in [4.69, 9.17) is 4.42 Å². The Balaban J connectivity index is 1.67. The molecule has 0 bridgehead atoms. The summed E-state index contributed by atoms with van der Waals surface area (Å²) in [6.45, 7) is 3.42. The lowest BCUT2D eigenvalue weighted by molar-refractivity contribution is 0.498. The molecule has 1 aliphatic rings. The summed E-state index contributed by atoms with van der Waals surface area (Å²) in [5.41, 5.74) is 4.36. The maximum absolute atomic E-state index is 9.46. The molecule has 118 valence electrons. The molecule has 0 fully saturated rings. The van der Waals surface area contributed by atoms with E-state index in [-0.39, 0.29) is 0 Å². The van der Waals surface area contributed by atoms with E-state index >= 15 is 0 Å². The number of benzene rings is 1. The van der Waals surface area contributed by atoms with E-state index in [1.165, 1.54) is 0 Å². The molecule has 0 unspecified atom stereocenters. The van der Waals surface area contributed by atoms with Crippen LogP contribution in [0.3, 0.4) is 0 Å². The quantitative estimate of drug-likeness (QED) is 0.724. The number of fused-ring (bicyclic) bond motifs is 1. The van der Waals surface area contributed by atoms with Crippen LogP contribution in [0.1, 0.15) is 22.6 Å². The number of hydrogen-bond acceptors (Lipinski definition) is 5. The summed E-state index contributed by atoms with van der Waals surface area (Å²) >= 11 is 0. The molecule has 0 aliphatic carbocycles. The van der Waals surface area contributed by atoms with Crippen molar-refractivity contribution in [2.45, 2.75) is 19.9 Å². The van der Waals surface area contributed by atoms with Gasteiger partial charge in [0.2, 0.25) is 5.89 Å². The van der Waals surface area contributed by atoms with E-state index in [2.05, 4.69) is 20.9 Å². The molecular weight excluding hydrogens is 300 g/mol. The highest BCUT2D eigenvalue weighted by atomic mass is 16.4. The molecule has 0 amide bonds. The monoisotopic (exact) mass is 316 g/mol. The highest BCUT2D eigenvalue weighted by molar-refractivity contribution is 5.63. The van der Waals surface area contributed by atoms with Crippen LogP contribution in [0, 0.1) is 18.3 Å². The Labute approximate surface area is 140 Å². The molecule has 0 spiro atoms. The average molecular weight is 316 g/mol. The van der Waals surface area contributed by atoms with E-state index < -0.39 is 0 Å². The molecule has 4 rings (SSSR count). The van der Waals surface area contributed by atoms with Crippen LogP contribution in [0.2, 0.25) is 0 Å². The summed E-state index contributed by atoms with van der Waals surface area (Å²) in [4.78, 5) is 11.1. The van der Waals surface area contributed by atoms with E-state index in [1.807, 2.05) is 43.3 Å². The van der Waals surface area contributed by atoms with Gasteiger partial charge in [-0.25, -0.2) is 4.98 Å². The summed E-state index contributed by atoms with van der Waals surface area (Å²) in [6, 6.07) is 14.0. The smallest absolute Gasteiger partial charge is 0.245 e. The van der Waals surface area contributed by atoms with Crippen LogP contribution >= 0.6 is 0 Å². The van der Waals surface area contributed by atoms with E-state index in [9.17, 15) is 5.26 Å². The molecule has 0 saturated carbocycles. The largest absolute Gasteiger partial charge is 0.439 e. The molecule has 0 radical (unpaired) electrons. The molecule has 0 saturated heterocycles. The zero-order valence-corrected chi connectivity index (χ0v) is 13.4. The molecular formula is C19H16N4O. The maximum atomic E-state index is 9.46. The molecule has 0 N–H and O–H groups in total. The highest BCUT2D eigenvalue weighted by Crippen LogP contribution is 2.30. The standard InChI is InChI=1S/C19H16N4O/c1-13-5-4-7-17(14(13)11-20)23-10-8-18-16(12-23)22-19(24-18)15-6-2-3-9-21-15/h2-7,9H,8,10,12H2,1H3. The molecule has 3 heterocycles. The Morgan fingerprint density at radius 3 is 2.92 bits per heavy atom. The van der Waals surface area contributed by atoms with Crippen LogP contribution in [0.4, 0.5) is 5.69 Å². The fourth-order valence-electron chi connectivity index (χ4n) is 3.06. The summed E-state index contributed by atoms with van der Waals surface area (Å²) in [7, 11) is 0. The maximum Gasteiger partial charge on any atom is 0.245 e. The number of nitriles is 1. The zero-order valence-electron chi connectivity index (χ0n) is 13.4. The van der Waals surface area contributed by atoms with Gasteiger partial charge >= 0.3 is 0 Å². The average Bonchev–Trinajstić information content (AvgIpc) is 3.05. The first-order chi connectivity index (χ1) is 11.8. The van der Waals surface area contributed by atoms with E-state index in [0.717, 1.165) is 46.9 Å². The molecule has 24 heavy (non-hydrogen) atoms. The first kappa shape index (κ1) is 14.5. The van der Waals surface area contributed by atoms with Crippen molar-refractivity contribution in [1.82, 2.24) is 9.97 Å². The predicted molar refractivity (Wildman–Crippen MR) is 90.4 cm³/mol. The molecule has 2 aromatic heterocycles. The van der Waals surface area contributed by atoms with Crippen molar-refractivity contribution in [2.24, 2.45) is 0 Å². The van der Waals surface area contributed by atoms with Gasteiger partial charge in [-0.3, -0.25) is 4.98 Å². The van der Waals surface area contributed by atoms with Gasteiger partial charge in [0.25, 0.3) is 0 Å². The van der Waals surface area contributed by atoms with E-state index in [0.29, 0.717) is 12.4 Å². The summed E-state index contributed by atoms with van der Waals surface area (Å²) in [6.07, 6.45) is 2.50. The second kappa shape index (κ2) is 5.82. The third-order valence-electron chi connectivity index (χ3n) is 4.31. The lowest BCUT2D eigenvalue weighted by atomic mass is 10.0. The topological polar surface area (TPSA) is 66.0 Å². The molecule has 5 heteroatoms. The van der Waals surface area contributed by atoms with Gasteiger partial charge in [-0.2, -0.15) is 5.26 Å². The SMILES string of the molecule is Cc1cccc(N2CCc3oc(-c4ccccn4)nc3C2)c1C#N. The van der Waals surface area contributed by atoms with Gasteiger partial charge < -0.3 is 9.32 Å². The van der Waals surface area contributed by atoms with Crippen LogP contribution in [0.15, 0.2) is 47.0 Å². The summed E-state index contributed by atoms with van der Waals surface area (Å²) in [5.74, 6) is 1.48. The number of rotatable bonds is 2. The second-order valence-electron chi connectivity index (χ2n) is 5.86. The number of oxazole rings is 1. The lowest BCUT2D eigenvalue weighted by Crippen LogP contribution is -2.30. The van der Waals surface area contributed by atoms with Crippen LogP contribution in [0.5, 0.6) is 0 Å². The van der Waals surface area contributed by atoms with Crippen molar-refractivity contribution in [3.63, 3.8) is 0 Å². The van der Waals surface area contributed by atoms with Crippen LogP contribution in [-0.2, 0) is 13.0 Å². The van der Waals surface area contributed by atoms with Gasteiger partial charge in [-0.1, -0.05) is 18.2 Å². The minimum atomic E-state index is 0.562. The Hall–Kier alpha value is -3.13. The van der Waals surface area contributed by atoms with Crippen molar-refractivity contribution < 1.29 is 4.42 Å². The Kier molecular flexibility index (Phi) is 3.51. The fraction of sp³-hybridized carbons (Fsp3) is 0.211. The molecule has 1 aromatic carbocycles.